The largest absolute Gasteiger partial charge is 0.490 e. The Morgan fingerprint density at radius 2 is 1.68 bits per heavy atom. The van der Waals surface area contributed by atoms with Crippen LogP contribution in [0.5, 0.6) is 11.5 Å². The molecular formula is C18H17F3N2O2. The van der Waals surface area contributed by atoms with Gasteiger partial charge < -0.3 is 14.5 Å². The van der Waals surface area contributed by atoms with E-state index in [1.54, 1.807) is 18.2 Å². The second-order valence-corrected chi connectivity index (χ2v) is 5.34. The van der Waals surface area contributed by atoms with Gasteiger partial charge in [0.1, 0.15) is 5.82 Å². The van der Waals surface area contributed by atoms with E-state index in [1.165, 1.54) is 6.07 Å². The number of imidazole rings is 1. The number of rotatable bonds is 5. The predicted molar refractivity (Wildman–Crippen MR) is 88.9 cm³/mol. The minimum Gasteiger partial charge on any atom is -0.490 e. The minimum absolute atomic E-state index is 0.330. The van der Waals surface area contributed by atoms with Gasteiger partial charge in [-0.1, -0.05) is 0 Å². The SMILES string of the molecule is CCOc1ccc(-c2nc3ccc(C(F)(F)F)cc3[nH]2)cc1OCC. The third-order valence-electron chi connectivity index (χ3n) is 3.63. The summed E-state index contributed by atoms with van der Waals surface area (Å²) in [5, 5.41) is 0. The number of ether oxygens (including phenoxy) is 2. The predicted octanol–water partition coefficient (Wildman–Crippen LogP) is 5.05. The zero-order valence-electron chi connectivity index (χ0n) is 13.8. The molecule has 0 bridgehead atoms. The normalized spacial score (nSPS) is 11.7. The molecule has 0 aliphatic rings. The van der Waals surface area contributed by atoms with Gasteiger partial charge in [-0.05, 0) is 50.2 Å². The number of hydrogen-bond acceptors (Lipinski definition) is 3. The summed E-state index contributed by atoms with van der Waals surface area (Å²) >= 11 is 0. The van der Waals surface area contributed by atoms with Crippen molar-refractivity contribution < 1.29 is 22.6 Å². The first-order chi connectivity index (χ1) is 11.9. The zero-order valence-corrected chi connectivity index (χ0v) is 13.8. The first-order valence-electron chi connectivity index (χ1n) is 7.89. The van der Waals surface area contributed by atoms with Crippen molar-refractivity contribution >= 4 is 11.0 Å². The summed E-state index contributed by atoms with van der Waals surface area (Å²) in [5.74, 6) is 1.65. The average Bonchev–Trinajstić information content (AvgIpc) is 2.99. The number of H-pyrrole nitrogens is 1. The van der Waals surface area contributed by atoms with E-state index in [2.05, 4.69) is 9.97 Å². The molecule has 25 heavy (non-hydrogen) atoms. The van der Waals surface area contributed by atoms with Gasteiger partial charge in [-0.3, -0.25) is 0 Å². The van der Waals surface area contributed by atoms with E-state index < -0.39 is 11.7 Å². The molecule has 0 radical (unpaired) electrons. The molecule has 7 heteroatoms. The molecule has 3 rings (SSSR count). The van der Waals surface area contributed by atoms with Crippen LogP contribution in [-0.4, -0.2) is 23.2 Å². The Kier molecular flexibility index (Phi) is 4.57. The fourth-order valence-corrected chi connectivity index (χ4v) is 2.52. The first kappa shape index (κ1) is 17.1. The highest BCUT2D eigenvalue weighted by Gasteiger charge is 2.30. The van der Waals surface area contributed by atoms with Crippen LogP contribution in [0.2, 0.25) is 0 Å². The molecule has 132 valence electrons. The van der Waals surface area contributed by atoms with E-state index in [4.69, 9.17) is 9.47 Å². The van der Waals surface area contributed by atoms with Gasteiger partial charge in [0.05, 0.1) is 29.8 Å². The molecule has 0 fully saturated rings. The summed E-state index contributed by atoms with van der Waals surface area (Å²) in [6.45, 7) is 4.71. The van der Waals surface area contributed by atoms with Gasteiger partial charge >= 0.3 is 6.18 Å². The van der Waals surface area contributed by atoms with Crippen molar-refractivity contribution in [2.45, 2.75) is 20.0 Å². The lowest BCUT2D eigenvalue weighted by molar-refractivity contribution is -0.137. The highest BCUT2D eigenvalue weighted by Crippen LogP contribution is 2.34. The molecule has 0 unspecified atom stereocenters. The third kappa shape index (κ3) is 3.55. The first-order valence-corrected chi connectivity index (χ1v) is 7.89. The van der Waals surface area contributed by atoms with Crippen LogP contribution in [0.1, 0.15) is 19.4 Å². The highest BCUT2D eigenvalue weighted by molar-refractivity contribution is 5.80. The summed E-state index contributed by atoms with van der Waals surface area (Å²) in [5.41, 5.74) is 0.792. The Balaban J connectivity index is 2.02. The van der Waals surface area contributed by atoms with Gasteiger partial charge in [-0.2, -0.15) is 13.2 Å². The minimum atomic E-state index is -4.39. The molecule has 1 heterocycles. The van der Waals surface area contributed by atoms with Crippen LogP contribution in [0.15, 0.2) is 36.4 Å². The lowest BCUT2D eigenvalue weighted by Gasteiger charge is -2.11. The van der Waals surface area contributed by atoms with Gasteiger partial charge in [-0.25, -0.2) is 4.98 Å². The van der Waals surface area contributed by atoms with Gasteiger partial charge in [0, 0.05) is 5.56 Å². The van der Waals surface area contributed by atoms with E-state index in [0.717, 1.165) is 12.1 Å². The smallest absolute Gasteiger partial charge is 0.416 e. The van der Waals surface area contributed by atoms with Crippen molar-refractivity contribution in [1.29, 1.82) is 0 Å². The highest BCUT2D eigenvalue weighted by atomic mass is 19.4. The molecule has 1 N–H and O–H groups in total. The van der Waals surface area contributed by atoms with Crippen molar-refractivity contribution in [3.05, 3.63) is 42.0 Å². The Morgan fingerprint density at radius 3 is 2.36 bits per heavy atom. The van der Waals surface area contributed by atoms with E-state index >= 15 is 0 Å². The third-order valence-corrected chi connectivity index (χ3v) is 3.63. The monoisotopic (exact) mass is 350 g/mol. The topological polar surface area (TPSA) is 47.1 Å². The molecule has 3 aromatic rings. The van der Waals surface area contributed by atoms with Crippen molar-refractivity contribution in [2.75, 3.05) is 13.2 Å². The van der Waals surface area contributed by atoms with Crippen LogP contribution in [0.3, 0.4) is 0 Å². The number of aromatic nitrogens is 2. The lowest BCUT2D eigenvalue weighted by Crippen LogP contribution is -2.04. The second-order valence-electron chi connectivity index (χ2n) is 5.34. The number of fused-ring (bicyclic) bond motifs is 1. The van der Waals surface area contributed by atoms with Crippen molar-refractivity contribution in [1.82, 2.24) is 9.97 Å². The Morgan fingerprint density at radius 1 is 0.960 bits per heavy atom. The van der Waals surface area contributed by atoms with E-state index in [-0.39, 0.29) is 0 Å². The summed E-state index contributed by atoms with van der Waals surface area (Å²) < 4.78 is 49.6. The Bertz CT molecular complexity index is 888. The van der Waals surface area contributed by atoms with Crippen molar-refractivity contribution in [2.24, 2.45) is 0 Å². The number of benzene rings is 2. The molecule has 0 saturated heterocycles. The molecule has 2 aromatic carbocycles. The Labute approximate surface area is 142 Å². The molecule has 0 aliphatic heterocycles. The van der Waals surface area contributed by atoms with E-state index in [0.29, 0.717) is 47.1 Å². The van der Waals surface area contributed by atoms with Crippen LogP contribution in [0, 0.1) is 0 Å². The van der Waals surface area contributed by atoms with Gasteiger partial charge in [0.15, 0.2) is 11.5 Å². The Hall–Kier alpha value is -2.70. The van der Waals surface area contributed by atoms with Crippen LogP contribution < -0.4 is 9.47 Å². The van der Waals surface area contributed by atoms with E-state index in [1.807, 2.05) is 13.8 Å². The number of halogens is 3. The van der Waals surface area contributed by atoms with Gasteiger partial charge in [-0.15, -0.1) is 0 Å². The zero-order chi connectivity index (χ0) is 18.0. The molecule has 1 aromatic heterocycles. The summed E-state index contributed by atoms with van der Waals surface area (Å²) in [4.78, 5) is 7.30. The maximum atomic E-state index is 12.8. The number of hydrogen-bond donors (Lipinski definition) is 1. The van der Waals surface area contributed by atoms with Crippen LogP contribution in [0.4, 0.5) is 13.2 Å². The number of alkyl halides is 3. The van der Waals surface area contributed by atoms with Crippen molar-refractivity contribution in [3.8, 4) is 22.9 Å². The van der Waals surface area contributed by atoms with Crippen LogP contribution in [-0.2, 0) is 6.18 Å². The molecule has 0 aliphatic carbocycles. The van der Waals surface area contributed by atoms with E-state index in [9.17, 15) is 13.2 Å². The molecule has 0 amide bonds. The van der Waals surface area contributed by atoms with Crippen molar-refractivity contribution in [3.63, 3.8) is 0 Å². The molecule has 0 saturated carbocycles. The second kappa shape index (κ2) is 6.66. The average molecular weight is 350 g/mol. The molecular weight excluding hydrogens is 333 g/mol. The fourth-order valence-electron chi connectivity index (χ4n) is 2.52. The number of aromatic amines is 1. The van der Waals surface area contributed by atoms with Crippen LogP contribution in [0.25, 0.3) is 22.4 Å². The summed E-state index contributed by atoms with van der Waals surface area (Å²) in [6.07, 6.45) is -4.39. The van der Waals surface area contributed by atoms with Gasteiger partial charge in [0.25, 0.3) is 0 Å². The quantitative estimate of drug-likeness (QED) is 0.701. The van der Waals surface area contributed by atoms with Gasteiger partial charge in [0.2, 0.25) is 0 Å². The summed E-state index contributed by atoms with van der Waals surface area (Å²) in [7, 11) is 0. The maximum absolute atomic E-state index is 12.8. The summed E-state index contributed by atoms with van der Waals surface area (Å²) in [6, 6.07) is 8.75. The molecule has 0 spiro atoms. The maximum Gasteiger partial charge on any atom is 0.416 e. The molecule has 4 nitrogen and oxygen atoms in total. The lowest BCUT2D eigenvalue weighted by atomic mass is 10.2. The molecule has 0 atom stereocenters. The number of nitrogens with zero attached hydrogens (tertiary/aromatic N) is 1. The fraction of sp³-hybridized carbons (Fsp3) is 0.278. The standard InChI is InChI=1S/C18H17F3N2O2/c1-3-24-15-8-5-11(9-16(15)25-4-2)17-22-13-7-6-12(18(19,20)21)10-14(13)23-17/h5-10H,3-4H2,1-2H3,(H,22,23). The number of nitrogens with one attached hydrogen (secondary N) is 1. The van der Waals surface area contributed by atoms with Crippen LogP contribution >= 0.6 is 0 Å².